The number of hydrogen-bond donors (Lipinski definition) is 2. The smallest absolute Gasteiger partial charge is 0.191 e. The standard InChI is InChI=1S/C23H39N5O2.HI/c1-2-24-22(25-18-20(21-8-7-15-30-21)27-11-3-4-12-27)26-19-23(9-16-29-17-10-23)28-13-5-6-14-28;/h7-8,15,20H,2-6,9-14,16-19H2,1H3,(H2,24,25,26);1H. The molecule has 3 aliphatic rings. The first-order chi connectivity index (χ1) is 14.8. The van der Waals surface area contributed by atoms with E-state index in [1.807, 2.05) is 6.07 Å². The number of halogens is 1. The predicted octanol–water partition coefficient (Wildman–Crippen LogP) is 3.23. The quantitative estimate of drug-likeness (QED) is 0.297. The Morgan fingerprint density at radius 3 is 2.45 bits per heavy atom. The van der Waals surface area contributed by atoms with Gasteiger partial charge in [-0.15, -0.1) is 24.0 Å². The Bertz CT molecular complexity index is 651. The molecule has 1 aromatic heterocycles. The van der Waals surface area contributed by atoms with Gasteiger partial charge in [0.25, 0.3) is 0 Å². The normalized spacial score (nSPS) is 23.5. The van der Waals surface area contributed by atoms with Crippen LogP contribution in [0.5, 0.6) is 0 Å². The lowest BCUT2D eigenvalue weighted by Crippen LogP contribution is -2.54. The van der Waals surface area contributed by atoms with E-state index in [4.69, 9.17) is 14.1 Å². The van der Waals surface area contributed by atoms with E-state index in [1.165, 1.54) is 38.8 Å². The van der Waals surface area contributed by atoms with Gasteiger partial charge >= 0.3 is 0 Å². The van der Waals surface area contributed by atoms with Crippen molar-refractivity contribution in [1.82, 2.24) is 20.4 Å². The van der Waals surface area contributed by atoms with Gasteiger partial charge in [0, 0.05) is 31.8 Å². The van der Waals surface area contributed by atoms with E-state index < -0.39 is 0 Å². The summed E-state index contributed by atoms with van der Waals surface area (Å²) in [6, 6.07) is 4.34. The van der Waals surface area contributed by atoms with E-state index in [0.717, 1.165) is 70.5 Å². The lowest BCUT2D eigenvalue weighted by Gasteiger charge is -2.43. The predicted molar refractivity (Wildman–Crippen MR) is 135 cm³/mol. The molecule has 1 unspecified atom stereocenters. The van der Waals surface area contributed by atoms with Crippen LogP contribution < -0.4 is 10.6 Å². The molecule has 0 bridgehead atoms. The second kappa shape index (κ2) is 12.4. The molecular formula is C23H40IN5O2. The van der Waals surface area contributed by atoms with E-state index in [-0.39, 0.29) is 35.6 Å². The van der Waals surface area contributed by atoms with E-state index in [9.17, 15) is 0 Å². The highest BCUT2D eigenvalue weighted by molar-refractivity contribution is 14.0. The molecule has 4 heterocycles. The maximum atomic E-state index is 5.78. The van der Waals surface area contributed by atoms with Gasteiger partial charge in [0.15, 0.2) is 5.96 Å². The van der Waals surface area contributed by atoms with E-state index >= 15 is 0 Å². The summed E-state index contributed by atoms with van der Waals surface area (Å²) in [7, 11) is 0. The van der Waals surface area contributed by atoms with Gasteiger partial charge in [-0.25, -0.2) is 0 Å². The van der Waals surface area contributed by atoms with Crippen molar-refractivity contribution in [2.75, 3.05) is 59.0 Å². The number of nitrogens with zero attached hydrogens (tertiary/aromatic N) is 3. The molecule has 176 valence electrons. The first-order valence-electron chi connectivity index (χ1n) is 11.9. The summed E-state index contributed by atoms with van der Waals surface area (Å²) in [4.78, 5) is 10.3. The third-order valence-corrected chi connectivity index (χ3v) is 6.99. The van der Waals surface area contributed by atoms with Gasteiger partial charge in [-0.05, 0) is 83.8 Å². The van der Waals surface area contributed by atoms with Gasteiger partial charge < -0.3 is 19.8 Å². The lowest BCUT2D eigenvalue weighted by atomic mass is 9.88. The van der Waals surface area contributed by atoms with Crippen molar-refractivity contribution in [3.8, 4) is 0 Å². The zero-order chi connectivity index (χ0) is 20.7. The minimum Gasteiger partial charge on any atom is -0.468 e. The number of hydrogen-bond acceptors (Lipinski definition) is 5. The summed E-state index contributed by atoms with van der Waals surface area (Å²) in [5.74, 6) is 1.96. The molecule has 2 N–H and O–H groups in total. The van der Waals surface area contributed by atoms with Crippen LogP contribution in [-0.2, 0) is 4.74 Å². The van der Waals surface area contributed by atoms with E-state index in [2.05, 4.69) is 33.4 Å². The summed E-state index contributed by atoms with van der Waals surface area (Å²) in [6.45, 7) is 11.0. The lowest BCUT2D eigenvalue weighted by molar-refractivity contribution is -0.0139. The van der Waals surface area contributed by atoms with Crippen LogP contribution in [0.25, 0.3) is 0 Å². The topological polar surface area (TPSA) is 65.3 Å². The van der Waals surface area contributed by atoms with Gasteiger partial charge in [0.1, 0.15) is 5.76 Å². The van der Waals surface area contributed by atoms with Gasteiger partial charge in [-0.3, -0.25) is 14.8 Å². The second-order valence-corrected chi connectivity index (χ2v) is 8.88. The minimum absolute atomic E-state index is 0. The highest BCUT2D eigenvalue weighted by Crippen LogP contribution is 2.31. The first-order valence-corrected chi connectivity index (χ1v) is 11.9. The van der Waals surface area contributed by atoms with Gasteiger partial charge in [0.05, 0.1) is 18.8 Å². The van der Waals surface area contributed by atoms with Crippen LogP contribution in [0.4, 0.5) is 0 Å². The Kier molecular flexibility index (Phi) is 9.93. The molecule has 3 aliphatic heterocycles. The maximum absolute atomic E-state index is 5.78. The fraction of sp³-hybridized carbons (Fsp3) is 0.783. The first kappa shape index (κ1) is 24.8. The number of ether oxygens (including phenoxy) is 1. The summed E-state index contributed by atoms with van der Waals surface area (Å²) >= 11 is 0. The molecule has 0 aromatic carbocycles. The van der Waals surface area contributed by atoms with Gasteiger partial charge in [-0.2, -0.15) is 0 Å². The molecule has 0 radical (unpaired) electrons. The molecule has 0 aliphatic carbocycles. The molecule has 1 aromatic rings. The zero-order valence-electron chi connectivity index (χ0n) is 19.0. The third-order valence-electron chi connectivity index (χ3n) is 6.99. The number of aliphatic imine (C=N–C) groups is 1. The van der Waals surface area contributed by atoms with Crippen molar-refractivity contribution in [3.05, 3.63) is 24.2 Å². The number of rotatable bonds is 8. The molecule has 8 heteroatoms. The van der Waals surface area contributed by atoms with Crippen molar-refractivity contribution in [1.29, 1.82) is 0 Å². The Hall–Kier alpha value is -0.840. The molecule has 0 amide bonds. The van der Waals surface area contributed by atoms with Crippen LogP contribution >= 0.6 is 24.0 Å². The molecule has 3 fully saturated rings. The Labute approximate surface area is 204 Å². The minimum atomic E-state index is 0. The number of furan rings is 1. The molecule has 0 spiro atoms. The summed E-state index contributed by atoms with van der Waals surface area (Å²) < 4.78 is 11.5. The molecule has 0 saturated carbocycles. The van der Waals surface area contributed by atoms with Crippen molar-refractivity contribution >= 4 is 29.9 Å². The highest BCUT2D eigenvalue weighted by Gasteiger charge is 2.39. The number of guanidine groups is 1. The third kappa shape index (κ3) is 6.36. The molecule has 1 atom stereocenters. The van der Waals surface area contributed by atoms with E-state index in [0.29, 0.717) is 0 Å². The fourth-order valence-corrected chi connectivity index (χ4v) is 5.22. The van der Waals surface area contributed by atoms with Crippen molar-refractivity contribution in [2.24, 2.45) is 4.99 Å². The zero-order valence-corrected chi connectivity index (χ0v) is 21.3. The summed E-state index contributed by atoms with van der Waals surface area (Å²) in [5.41, 5.74) is 0.159. The Balaban J connectivity index is 0.00000272. The molecule has 31 heavy (non-hydrogen) atoms. The number of nitrogens with one attached hydrogen (secondary N) is 2. The summed E-state index contributed by atoms with van der Waals surface area (Å²) in [6.07, 6.45) is 9.11. The molecule has 4 rings (SSSR count). The van der Waals surface area contributed by atoms with Crippen LogP contribution in [0.1, 0.15) is 57.3 Å². The van der Waals surface area contributed by atoms with Crippen LogP contribution in [0.3, 0.4) is 0 Å². The van der Waals surface area contributed by atoms with Crippen LogP contribution in [0.15, 0.2) is 27.8 Å². The maximum Gasteiger partial charge on any atom is 0.191 e. The Morgan fingerprint density at radius 1 is 1.10 bits per heavy atom. The fourth-order valence-electron chi connectivity index (χ4n) is 5.22. The van der Waals surface area contributed by atoms with Crippen LogP contribution in [0, 0.1) is 0 Å². The van der Waals surface area contributed by atoms with Crippen molar-refractivity contribution in [3.63, 3.8) is 0 Å². The van der Waals surface area contributed by atoms with Crippen LogP contribution in [-0.4, -0.2) is 80.3 Å². The summed E-state index contributed by atoms with van der Waals surface area (Å²) in [5, 5.41) is 7.08. The second-order valence-electron chi connectivity index (χ2n) is 8.88. The number of likely N-dealkylation sites (tertiary alicyclic amines) is 2. The average Bonchev–Trinajstić information content (AvgIpc) is 3.56. The average molecular weight is 546 g/mol. The van der Waals surface area contributed by atoms with Gasteiger partial charge in [-0.1, -0.05) is 0 Å². The largest absolute Gasteiger partial charge is 0.468 e. The SMILES string of the molecule is CCNC(=NCC1(N2CCCC2)CCOCC1)NCC(c1ccco1)N1CCCC1.I. The van der Waals surface area contributed by atoms with Gasteiger partial charge in [0.2, 0.25) is 0 Å². The Morgan fingerprint density at radius 2 is 1.81 bits per heavy atom. The monoisotopic (exact) mass is 545 g/mol. The molecular weight excluding hydrogens is 505 g/mol. The highest BCUT2D eigenvalue weighted by atomic mass is 127. The van der Waals surface area contributed by atoms with Crippen molar-refractivity contribution in [2.45, 2.75) is 57.0 Å². The molecule has 3 saturated heterocycles. The van der Waals surface area contributed by atoms with E-state index in [1.54, 1.807) is 6.26 Å². The molecule has 7 nitrogen and oxygen atoms in total. The van der Waals surface area contributed by atoms with Crippen LogP contribution in [0.2, 0.25) is 0 Å². The van der Waals surface area contributed by atoms with Crippen molar-refractivity contribution < 1.29 is 9.15 Å².